The van der Waals surface area contributed by atoms with E-state index in [-0.39, 0.29) is 6.04 Å². The minimum absolute atomic E-state index is 0.249. The molecule has 0 aliphatic carbocycles. The van der Waals surface area contributed by atoms with E-state index in [1.807, 2.05) is 13.8 Å². The van der Waals surface area contributed by atoms with Crippen molar-refractivity contribution < 1.29 is 0 Å². The third-order valence-corrected chi connectivity index (χ3v) is 3.03. The van der Waals surface area contributed by atoms with Crippen molar-refractivity contribution in [2.24, 2.45) is 5.73 Å². The molecular formula is C10H15ClN4. The maximum Gasteiger partial charge on any atom is 0.224 e. The van der Waals surface area contributed by atoms with Crippen LogP contribution in [0.4, 0.5) is 5.82 Å². The van der Waals surface area contributed by atoms with Gasteiger partial charge in [0.1, 0.15) is 5.82 Å². The van der Waals surface area contributed by atoms with E-state index in [9.17, 15) is 0 Å². The molecule has 0 aromatic carbocycles. The summed E-state index contributed by atoms with van der Waals surface area (Å²) in [6, 6.07) is 0.249. The van der Waals surface area contributed by atoms with Gasteiger partial charge in [-0.3, -0.25) is 0 Å². The summed E-state index contributed by atoms with van der Waals surface area (Å²) in [7, 11) is 0. The first-order chi connectivity index (χ1) is 7.08. The predicted molar refractivity (Wildman–Crippen MR) is 61.3 cm³/mol. The van der Waals surface area contributed by atoms with Crippen molar-refractivity contribution in [2.75, 3.05) is 18.0 Å². The van der Waals surface area contributed by atoms with Gasteiger partial charge in [0.2, 0.25) is 5.28 Å². The second-order valence-corrected chi connectivity index (χ2v) is 4.36. The molecule has 2 N–H and O–H groups in total. The molecule has 4 nitrogen and oxygen atoms in total. The molecule has 1 aliphatic rings. The number of nitrogens with zero attached hydrogens (tertiary/aromatic N) is 3. The smallest absolute Gasteiger partial charge is 0.224 e. The third-order valence-electron chi connectivity index (χ3n) is 2.86. The molecule has 0 spiro atoms. The highest BCUT2D eigenvalue weighted by molar-refractivity contribution is 6.28. The van der Waals surface area contributed by atoms with Gasteiger partial charge in [-0.25, -0.2) is 9.97 Å². The quantitative estimate of drug-likeness (QED) is 0.734. The fraction of sp³-hybridized carbons (Fsp3) is 0.600. The highest BCUT2D eigenvalue weighted by atomic mass is 35.5. The maximum absolute atomic E-state index is 5.87. The number of aryl methyl sites for hydroxylation is 1. The van der Waals surface area contributed by atoms with Crippen molar-refractivity contribution in [1.29, 1.82) is 0 Å². The molecule has 2 heterocycles. The van der Waals surface area contributed by atoms with Gasteiger partial charge in [-0.15, -0.1) is 0 Å². The summed E-state index contributed by atoms with van der Waals surface area (Å²) in [5.41, 5.74) is 7.90. The van der Waals surface area contributed by atoms with Gasteiger partial charge in [-0.2, -0.15) is 0 Å². The second kappa shape index (κ2) is 3.94. The molecule has 1 aromatic rings. The van der Waals surface area contributed by atoms with E-state index < -0.39 is 0 Å². The van der Waals surface area contributed by atoms with Crippen molar-refractivity contribution >= 4 is 17.4 Å². The monoisotopic (exact) mass is 226 g/mol. The topological polar surface area (TPSA) is 55.0 Å². The highest BCUT2D eigenvalue weighted by Crippen LogP contribution is 2.24. The zero-order valence-electron chi connectivity index (χ0n) is 9.00. The Hall–Kier alpha value is -0.870. The summed E-state index contributed by atoms with van der Waals surface area (Å²) in [6.07, 6.45) is 1.01. The van der Waals surface area contributed by atoms with Crippen LogP contribution >= 0.6 is 11.6 Å². The van der Waals surface area contributed by atoms with Crippen LogP contribution in [0.2, 0.25) is 5.28 Å². The minimum Gasteiger partial charge on any atom is -0.355 e. The van der Waals surface area contributed by atoms with Crippen LogP contribution in [0.5, 0.6) is 0 Å². The summed E-state index contributed by atoms with van der Waals surface area (Å²) in [6.45, 7) is 5.77. The number of hydrogen-bond donors (Lipinski definition) is 1. The second-order valence-electron chi connectivity index (χ2n) is 4.02. The summed E-state index contributed by atoms with van der Waals surface area (Å²) < 4.78 is 0. The molecule has 15 heavy (non-hydrogen) atoms. The van der Waals surface area contributed by atoms with Crippen LogP contribution in [-0.2, 0) is 0 Å². The standard InChI is InChI=1S/C10H15ClN4/c1-6-7(2)13-10(11)14-9(6)15-4-3-8(12)5-15/h8H,3-5,12H2,1-2H3. The number of hydrogen-bond acceptors (Lipinski definition) is 4. The molecule has 2 rings (SSSR count). The van der Waals surface area contributed by atoms with Gasteiger partial charge in [0.25, 0.3) is 0 Å². The molecule has 1 unspecified atom stereocenters. The van der Waals surface area contributed by atoms with E-state index in [4.69, 9.17) is 17.3 Å². The molecule has 0 saturated carbocycles. The lowest BCUT2D eigenvalue weighted by Gasteiger charge is -2.19. The first kappa shape index (κ1) is 10.6. The van der Waals surface area contributed by atoms with Crippen LogP contribution in [0, 0.1) is 13.8 Å². The van der Waals surface area contributed by atoms with Crippen molar-refractivity contribution in [3.05, 3.63) is 16.5 Å². The van der Waals surface area contributed by atoms with Crippen LogP contribution in [0.15, 0.2) is 0 Å². The van der Waals surface area contributed by atoms with Crippen LogP contribution in [0.25, 0.3) is 0 Å². The van der Waals surface area contributed by atoms with Gasteiger partial charge in [-0.05, 0) is 31.9 Å². The van der Waals surface area contributed by atoms with E-state index in [1.165, 1.54) is 0 Å². The fourth-order valence-corrected chi connectivity index (χ4v) is 2.07. The maximum atomic E-state index is 5.87. The molecule has 1 fully saturated rings. The Morgan fingerprint density at radius 1 is 1.40 bits per heavy atom. The third kappa shape index (κ3) is 2.06. The Bertz CT molecular complexity index is 380. The molecule has 1 saturated heterocycles. The van der Waals surface area contributed by atoms with E-state index >= 15 is 0 Å². The van der Waals surface area contributed by atoms with Crippen LogP contribution in [-0.4, -0.2) is 29.1 Å². The SMILES string of the molecule is Cc1nc(Cl)nc(N2CCC(N)C2)c1C. The Morgan fingerprint density at radius 3 is 2.73 bits per heavy atom. The van der Waals surface area contributed by atoms with Gasteiger partial charge < -0.3 is 10.6 Å². The average Bonchev–Trinajstić information content (AvgIpc) is 2.58. The zero-order chi connectivity index (χ0) is 11.0. The lowest BCUT2D eigenvalue weighted by atomic mass is 10.2. The van der Waals surface area contributed by atoms with Gasteiger partial charge in [-0.1, -0.05) is 0 Å². The number of halogens is 1. The summed E-state index contributed by atoms with van der Waals surface area (Å²) in [4.78, 5) is 10.6. The number of anilines is 1. The fourth-order valence-electron chi connectivity index (χ4n) is 1.87. The van der Waals surface area contributed by atoms with E-state index in [0.717, 1.165) is 36.6 Å². The molecule has 0 amide bonds. The molecule has 5 heteroatoms. The summed E-state index contributed by atoms with van der Waals surface area (Å²) in [5.74, 6) is 0.931. The molecular weight excluding hydrogens is 212 g/mol. The van der Waals surface area contributed by atoms with Crippen LogP contribution < -0.4 is 10.6 Å². The highest BCUT2D eigenvalue weighted by Gasteiger charge is 2.22. The lowest BCUT2D eigenvalue weighted by Crippen LogP contribution is -2.27. The van der Waals surface area contributed by atoms with Crippen LogP contribution in [0.1, 0.15) is 17.7 Å². The van der Waals surface area contributed by atoms with E-state index in [1.54, 1.807) is 0 Å². The van der Waals surface area contributed by atoms with E-state index in [0.29, 0.717) is 5.28 Å². The van der Waals surface area contributed by atoms with Crippen molar-refractivity contribution in [3.8, 4) is 0 Å². The number of aromatic nitrogens is 2. The van der Waals surface area contributed by atoms with Gasteiger partial charge >= 0.3 is 0 Å². The molecule has 1 aliphatic heterocycles. The summed E-state index contributed by atoms with van der Waals surface area (Å²) >= 11 is 5.86. The number of nitrogens with two attached hydrogens (primary N) is 1. The Balaban J connectivity index is 2.35. The summed E-state index contributed by atoms with van der Waals surface area (Å²) in [5, 5.41) is 0.313. The first-order valence-electron chi connectivity index (χ1n) is 5.09. The Morgan fingerprint density at radius 2 is 2.13 bits per heavy atom. The van der Waals surface area contributed by atoms with Crippen LogP contribution in [0.3, 0.4) is 0 Å². The van der Waals surface area contributed by atoms with Crippen molar-refractivity contribution in [2.45, 2.75) is 26.3 Å². The van der Waals surface area contributed by atoms with Gasteiger partial charge in [0.05, 0.1) is 0 Å². The molecule has 1 atom stereocenters. The first-order valence-corrected chi connectivity index (χ1v) is 5.47. The van der Waals surface area contributed by atoms with Crippen molar-refractivity contribution in [1.82, 2.24) is 9.97 Å². The normalized spacial score (nSPS) is 21.1. The average molecular weight is 227 g/mol. The van der Waals surface area contributed by atoms with E-state index in [2.05, 4.69) is 14.9 Å². The lowest BCUT2D eigenvalue weighted by molar-refractivity contribution is 0.751. The zero-order valence-corrected chi connectivity index (χ0v) is 9.75. The van der Waals surface area contributed by atoms with Gasteiger partial charge in [0, 0.05) is 30.4 Å². The van der Waals surface area contributed by atoms with Crippen molar-refractivity contribution in [3.63, 3.8) is 0 Å². The Kier molecular flexibility index (Phi) is 2.80. The largest absolute Gasteiger partial charge is 0.355 e. The predicted octanol–water partition coefficient (Wildman–Crippen LogP) is 1.28. The van der Waals surface area contributed by atoms with Gasteiger partial charge in [0.15, 0.2) is 0 Å². The molecule has 0 bridgehead atoms. The minimum atomic E-state index is 0.249. The molecule has 82 valence electrons. The molecule has 1 aromatic heterocycles. The molecule has 0 radical (unpaired) electrons. The Labute approximate surface area is 94.5 Å². The number of rotatable bonds is 1.